The van der Waals surface area contributed by atoms with E-state index in [9.17, 15) is 10.1 Å². The fraction of sp³-hybridized carbons (Fsp3) is 0.280. The fourth-order valence-electron chi connectivity index (χ4n) is 4.61. The number of nitrogens with zero attached hydrogens (tertiary/aromatic N) is 4. The summed E-state index contributed by atoms with van der Waals surface area (Å²) < 4.78 is 0. The Morgan fingerprint density at radius 3 is 2.35 bits per heavy atom. The number of nitrogens with one attached hydrogen (secondary N) is 1. The van der Waals surface area contributed by atoms with Gasteiger partial charge >= 0.3 is 0 Å². The average molecular weight is 412 g/mol. The molecule has 1 aliphatic heterocycles. The predicted molar refractivity (Wildman–Crippen MR) is 118 cm³/mol. The number of nitriles is 1. The maximum absolute atomic E-state index is 12.7. The van der Waals surface area contributed by atoms with Crippen LogP contribution in [0.2, 0.25) is 0 Å². The van der Waals surface area contributed by atoms with E-state index in [0.717, 1.165) is 36.1 Å². The second-order valence-electron chi connectivity index (χ2n) is 7.74. The molecule has 1 aromatic carbocycles. The van der Waals surface area contributed by atoms with E-state index in [1.54, 1.807) is 19.4 Å². The number of likely N-dealkylation sites (tertiary alicyclic amines) is 1. The van der Waals surface area contributed by atoms with E-state index < -0.39 is 0 Å². The predicted octanol–water partition coefficient (Wildman–Crippen LogP) is 3.43. The maximum Gasteiger partial charge on any atom is 0.237 e. The second-order valence-corrected chi connectivity index (χ2v) is 7.74. The molecule has 0 radical (unpaired) electrons. The van der Waals surface area contributed by atoms with Crippen LogP contribution in [-0.2, 0) is 4.79 Å². The number of amides is 1. The van der Waals surface area contributed by atoms with E-state index in [1.807, 2.05) is 48.8 Å². The molecule has 3 heterocycles. The number of hydrogen-bond donors (Lipinski definition) is 1. The van der Waals surface area contributed by atoms with E-state index in [1.165, 1.54) is 0 Å². The molecule has 0 saturated carbocycles. The average Bonchev–Trinajstić information content (AvgIpc) is 3.32. The van der Waals surface area contributed by atoms with Gasteiger partial charge in [-0.25, -0.2) is 0 Å². The highest BCUT2D eigenvalue weighted by atomic mass is 16.2. The summed E-state index contributed by atoms with van der Waals surface area (Å²) in [7, 11) is 1.68. The summed E-state index contributed by atoms with van der Waals surface area (Å²) in [5.74, 6) is -0.0725. The molecule has 6 nitrogen and oxygen atoms in total. The maximum atomic E-state index is 12.7. The van der Waals surface area contributed by atoms with Crippen LogP contribution in [0.4, 0.5) is 0 Å². The van der Waals surface area contributed by atoms with Crippen LogP contribution in [0.3, 0.4) is 0 Å². The standard InChI is InChI=1S/C25H25N5O/c1-27-25(31)22-10-5-13-30(22)24(19-7-2-6-18(14-19)15-26)23(20-8-3-11-28-16-20)21-9-4-12-29-17-21/h2-4,6-9,11-12,14,16-17,22-24H,5,10,13H2,1H3,(H,27,31)/t22-,24?/m0/s1. The smallest absolute Gasteiger partial charge is 0.237 e. The first-order chi connectivity index (χ1) is 15.2. The lowest BCUT2D eigenvalue weighted by Gasteiger charge is -2.38. The van der Waals surface area contributed by atoms with Gasteiger partial charge in [0.05, 0.1) is 17.7 Å². The van der Waals surface area contributed by atoms with Gasteiger partial charge in [-0.15, -0.1) is 0 Å². The van der Waals surface area contributed by atoms with Crippen molar-refractivity contribution >= 4 is 5.91 Å². The lowest BCUT2D eigenvalue weighted by Crippen LogP contribution is -2.45. The van der Waals surface area contributed by atoms with E-state index >= 15 is 0 Å². The minimum Gasteiger partial charge on any atom is -0.358 e. The van der Waals surface area contributed by atoms with Crippen molar-refractivity contribution in [2.45, 2.75) is 30.8 Å². The monoisotopic (exact) mass is 411 g/mol. The van der Waals surface area contributed by atoms with Gasteiger partial charge in [-0.3, -0.25) is 19.7 Å². The molecule has 1 fully saturated rings. The zero-order valence-corrected chi connectivity index (χ0v) is 17.5. The van der Waals surface area contributed by atoms with Crippen LogP contribution in [0.15, 0.2) is 73.3 Å². The molecule has 0 spiro atoms. The Morgan fingerprint density at radius 2 is 1.77 bits per heavy atom. The van der Waals surface area contributed by atoms with Crippen LogP contribution in [-0.4, -0.2) is 40.4 Å². The molecular weight excluding hydrogens is 386 g/mol. The number of rotatable bonds is 6. The van der Waals surface area contributed by atoms with Gasteiger partial charge in [-0.2, -0.15) is 5.26 Å². The summed E-state index contributed by atoms with van der Waals surface area (Å²) in [5.41, 5.74) is 3.71. The molecule has 0 aliphatic carbocycles. The van der Waals surface area contributed by atoms with Crippen LogP contribution >= 0.6 is 0 Å². The van der Waals surface area contributed by atoms with Gasteiger partial charge in [0.25, 0.3) is 0 Å². The van der Waals surface area contributed by atoms with Crippen molar-refractivity contribution in [2.24, 2.45) is 0 Å². The molecular formula is C25H25N5O. The molecule has 1 unspecified atom stereocenters. The van der Waals surface area contributed by atoms with Gasteiger partial charge in [-0.05, 0) is 60.3 Å². The number of pyridine rings is 2. The summed E-state index contributed by atoms with van der Waals surface area (Å²) in [4.78, 5) is 23.8. The first-order valence-corrected chi connectivity index (χ1v) is 10.5. The number of carbonyl (C=O) groups is 1. The number of benzene rings is 1. The summed E-state index contributed by atoms with van der Waals surface area (Å²) in [6.07, 6.45) is 9.03. The lowest BCUT2D eigenvalue weighted by molar-refractivity contribution is -0.125. The van der Waals surface area contributed by atoms with Crippen molar-refractivity contribution < 1.29 is 4.79 Å². The topological polar surface area (TPSA) is 81.9 Å². The Hall–Kier alpha value is -3.56. The minimum atomic E-state index is -0.225. The molecule has 2 atom stereocenters. The third-order valence-corrected chi connectivity index (χ3v) is 5.96. The molecule has 31 heavy (non-hydrogen) atoms. The quantitative estimate of drug-likeness (QED) is 0.672. The summed E-state index contributed by atoms with van der Waals surface area (Å²) in [5, 5.41) is 12.3. The molecule has 4 rings (SSSR count). The lowest BCUT2D eigenvalue weighted by atomic mass is 9.81. The molecule has 2 aromatic heterocycles. The third-order valence-electron chi connectivity index (χ3n) is 5.96. The Bertz CT molecular complexity index is 1020. The SMILES string of the molecule is CNC(=O)[C@@H]1CCCN1C(c1cccc(C#N)c1)C(c1cccnc1)c1cccnc1. The Morgan fingerprint density at radius 1 is 1.10 bits per heavy atom. The highest BCUT2D eigenvalue weighted by Crippen LogP contribution is 2.43. The minimum absolute atomic E-state index is 0.0232. The van der Waals surface area contributed by atoms with Gasteiger partial charge in [0.15, 0.2) is 0 Å². The Labute approximate surface area is 182 Å². The number of aromatic nitrogens is 2. The van der Waals surface area contributed by atoms with Crippen LogP contribution in [0.5, 0.6) is 0 Å². The number of carbonyl (C=O) groups excluding carboxylic acids is 1. The first kappa shape index (κ1) is 20.7. The second kappa shape index (κ2) is 9.50. The van der Waals surface area contributed by atoms with Crippen LogP contribution in [0.25, 0.3) is 0 Å². The Balaban J connectivity index is 1.91. The molecule has 6 heteroatoms. The van der Waals surface area contributed by atoms with Crippen molar-refractivity contribution in [1.29, 1.82) is 5.26 Å². The number of hydrogen-bond acceptors (Lipinski definition) is 5. The highest BCUT2D eigenvalue weighted by Gasteiger charge is 2.40. The first-order valence-electron chi connectivity index (χ1n) is 10.5. The summed E-state index contributed by atoms with van der Waals surface area (Å²) in [6, 6.07) is 17.6. The largest absolute Gasteiger partial charge is 0.358 e. The van der Waals surface area contributed by atoms with Gasteiger partial charge in [0, 0.05) is 43.8 Å². The van der Waals surface area contributed by atoms with Crippen molar-refractivity contribution in [3.8, 4) is 6.07 Å². The van der Waals surface area contributed by atoms with Crippen molar-refractivity contribution in [3.63, 3.8) is 0 Å². The molecule has 1 saturated heterocycles. The van der Waals surface area contributed by atoms with Gasteiger partial charge < -0.3 is 5.32 Å². The van der Waals surface area contributed by atoms with Crippen molar-refractivity contribution in [1.82, 2.24) is 20.2 Å². The van der Waals surface area contributed by atoms with Crippen LogP contribution in [0.1, 0.15) is 47.1 Å². The van der Waals surface area contributed by atoms with Crippen molar-refractivity contribution in [3.05, 3.63) is 95.6 Å². The van der Waals surface area contributed by atoms with E-state index in [-0.39, 0.29) is 23.9 Å². The third kappa shape index (κ3) is 4.32. The molecule has 1 amide bonds. The van der Waals surface area contributed by atoms with Crippen LogP contribution in [0, 0.1) is 11.3 Å². The summed E-state index contributed by atoms with van der Waals surface area (Å²) >= 11 is 0. The van der Waals surface area contributed by atoms with Gasteiger partial charge in [0.1, 0.15) is 0 Å². The number of likely N-dealkylation sites (N-methyl/N-ethyl adjacent to an activating group) is 1. The normalized spacial score (nSPS) is 17.3. The molecule has 156 valence electrons. The molecule has 1 aliphatic rings. The molecule has 1 N–H and O–H groups in total. The van der Waals surface area contributed by atoms with E-state index in [0.29, 0.717) is 5.56 Å². The van der Waals surface area contributed by atoms with Crippen molar-refractivity contribution in [2.75, 3.05) is 13.6 Å². The Kier molecular flexibility index (Phi) is 6.34. The zero-order valence-electron chi connectivity index (χ0n) is 17.5. The molecule has 3 aromatic rings. The summed E-state index contributed by atoms with van der Waals surface area (Å²) in [6.45, 7) is 0.802. The van der Waals surface area contributed by atoms with Gasteiger partial charge in [-0.1, -0.05) is 24.3 Å². The zero-order chi connectivity index (χ0) is 21.6. The molecule has 0 bridgehead atoms. The van der Waals surface area contributed by atoms with E-state index in [2.05, 4.69) is 38.4 Å². The fourth-order valence-corrected chi connectivity index (χ4v) is 4.61. The highest BCUT2D eigenvalue weighted by molar-refractivity contribution is 5.81. The van der Waals surface area contributed by atoms with Gasteiger partial charge in [0.2, 0.25) is 5.91 Å². The van der Waals surface area contributed by atoms with Crippen LogP contribution < -0.4 is 5.32 Å². The van der Waals surface area contributed by atoms with E-state index in [4.69, 9.17) is 0 Å².